The third kappa shape index (κ3) is 5.71. The SMILES string of the molecule is Cc1nc(C)c(CCNC(=O)[C@H]2NCCO[C@@H]2C)s1.Cl.Cl. The maximum atomic E-state index is 12.0. The molecule has 1 aromatic rings. The van der Waals surface area contributed by atoms with E-state index in [4.69, 9.17) is 4.74 Å². The monoisotopic (exact) mass is 355 g/mol. The number of hydrogen-bond donors (Lipinski definition) is 2. The van der Waals surface area contributed by atoms with Gasteiger partial charge in [-0.2, -0.15) is 0 Å². The van der Waals surface area contributed by atoms with Gasteiger partial charge >= 0.3 is 0 Å². The summed E-state index contributed by atoms with van der Waals surface area (Å²) < 4.78 is 5.47. The van der Waals surface area contributed by atoms with Gasteiger partial charge in [0, 0.05) is 24.4 Å². The smallest absolute Gasteiger partial charge is 0.239 e. The highest BCUT2D eigenvalue weighted by Crippen LogP contribution is 2.17. The Balaban J connectivity index is 0.00000200. The molecule has 0 radical (unpaired) electrons. The van der Waals surface area contributed by atoms with Crippen LogP contribution in [0.2, 0.25) is 0 Å². The summed E-state index contributed by atoms with van der Waals surface area (Å²) >= 11 is 1.70. The van der Waals surface area contributed by atoms with Crippen LogP contribution in [0.15, 0.2) is 0 Å². The fraction of sp³-hybridized carbons (Fsp3) is 0.692. The van der Waals surface area contributed by atoms with Crippen molar-refractivity contribution in [3.63, 3.8) is 0 Å². The summed E-state index contributed by atoms with van der Waals surface area (Å²) in [5.41, 5.74) is 1.07. The molecule has 0 bridgehead atoms. The predicted octanol–water partition coefficient (Wildman–Crippen LogP) is 1.64. The Bertz CT molecular complexity index is 457. The number of nitrogens with zero attached hydrogens (tertiary/aromatic N) is 1. The first-order valence-corrected chi connectivity index (χ1v) is 7.45. The summed E-state index contributed by atoms with van der Waals surface area (Å²) in [5.74, 6) is 0.0195. The van der Waals surface area contributed by atoms with Gasteiger partial charge in [-0.05, 0) is 20.8 Å². The van der Waals surface area contributed by atoms with Gasteiger partial charge in [-0.15, -0.1) is 36.2 Å². The van der Waals surface area contributed by atoms with E-state index in [9.17, 15) is 4.79 Å². The number of hydrogen-bond acceptors (Lipinski definition) is 5. The van der Waals surface area contributed by atoms with E-state index >= 15 is 0 Å². The number of nitrogens with one attached hydrogen (secondary N) is 2. The molecule has 1 fully saturated rings. The van der Waals surface area contributed by atoms with E-state index in [0.717, 1.165) is 23.7 Å². The van der Waals surface area contributed by atoms with Crippen molar-refractivity contribution >= 4 is 42.1 Å². The second-order valence-corrected chi connectivity index (χ2v) is 6.08. The molecule has 2 rings (SSSR count). The Morgan fingerprint density at radius 1 is 1.48 bits per heavy atom. The molecule has 1 aliphatic rings. The van der Waals surface area contributed by atoms with E-state index in [1.165, 1.54) is 4.88 Å². The molecular weight excluding hydrogens is 333 g/mol. The van der Waals surface area contributed by atoms with Crippen molar-refractivity contribution < 1.29 is 9.53 Å². The molecule has 2 atom stereocenters. The highest BCUT2D eigenvalue weighted by atomic mass is 35.5. The van der Waals surface area contributed by atoms with E-state index in [0.29, 0.717) is 13.2 Å². The van der Waals surface area contributed by atoms with Crippen molar-refractivity contribution in [2.75, 3.05) is 19.7 Å². The van der Waals surface area contributed by atoms with Crippen LogP contribution in [0.5, 0.6) is 0 Å². The number of halogens is 2. The fourth-order valence-corrected chi connectivity index (χ4v) is 3.18. The molecule has 21 heavy (non-hydrogen) atoms. The Hall–Kier alpha value is -0.400. The first kappa shape index (κ1) is 20.6. The third-order valence-electron chi connectivity index (χ3n) is 3.25. The number of rotatable bonds is 4. The van der Waals surface area contributed by atoms with Crippen molar-refractivity contribution in [1.82, 2.24) is 15.6 Å². The summed E-state index contributed by atoms with van der Waals surface area (Å²) in [6.45, 7) is 7.99. The number of carbonyl (C=O) groups is 1. The number of thiazole rings is 1. The Labute approximate surface area is 142 Å². The fourth-order valence-electron chi connectivity index (χ4n) is 2.24. The molecule has 1 amide bonds. The molecule has 0 aliphatic carbocycles. The predicted molar refractivity (Wildman–Crippen MR) is 90.0 cm³/mol. The van der Waals surface area contributed by atoms with Gasteiger partial charge in [0.25, 0.3) is 0 Å². The van der Waals surface area contributed by atoms with Gasteiger partial charge in [0.1, 0.15) is 6.04 Å². The van der Waals surface area contributed by atoms with Gasteiger partial charge in [0.15, 0.2) is 0 Å². The summed E-state index contributed by atoms with van der Waals surface area (Å²) in [6.07, 6.45) is 0.770. The third-order valence-corrected chi connectivity index (χ3v) is 4.38. The second kappa shape index (κ2) is 9.58. The summed E-state index contributed by atoms with van der Waals surface area (Å²) in [7, 11) is 0. The quantitative estimate of drug-likeness (QED) is 0.861. The van der Waals surface area contributed by atoms with Gasteiger partial charge in [0.05, 0.1) is 23.4 Å². The van der Waals surface area contributed by atoms with Crippen LogP contribution >= 0.6 is 36.2 Å². The van der Waals surface area contributed by atoms with Crippen molar-refractivity contribution in [3.8, 4) is 0 Å². The highest BCUT2D eigenvalue weighted by molar-refractivity contribution is 7.11. The van der Waals surface area contributed by atoms with Crippen LogP contribution in [-0.4, -0.2) is 42.7 Å². The summed E-state index contributed by atoms with van der Waals surface area (Å²) in [5, 5.41) is 7.23. The number of carbonyl (C=O) groups excluding carboxylic acids is 1. The Morgan fingerprint density at radius 3 is 2.76 bits per heavy atom. The molecule has 0 aromatic carbocycles. The second-order valence-electron chi connectivity index (χ2n) is 4.79. The van der Waals surface area contributed by atoms with Crippen molar-refractivity contribution in [2.24, 2.45) is 0 Å². The van der Waals surface area contributed by atoms with E-state index < -0.39 is 0 Å². The number of morpholine rings is 1. The van der Waals surface area contributed by atoms with E-state index in [1.807, 2.05) is 20.8 Å². The lowest BCUT2D eigenvalue weighted by atomic mass is 10.1. The van der Waals surface area contributed by atoms with E-state index in [1.54, 1.807) is 11.3 Å². The molecule has 2 heterocycles. The average Bonchev–Trinajstić information content (AvgIpc) is 2.68. The maximum absolute atomic E-state index is 12.0. The van der Waals surface area contributed by atoms with Gasteiger partial charge < -0.3 is 15.4 Å². The highest BCUT2D eigenvalue weighted by Gasteiger charge is 2.27. The molecule has 1 aromatic heterocycles. The minimum absolute atomic E-state index is 0. The molecule has 122 valence electrons. The molecule has 0 spiro atoms. The first-order chi connectivity index (χ1) is 9.08. The molecule has 0 saturated carbocycles. The van der Waals surface area contributed by atoms with Crippen LogP contribution in [0.4, 0.5) is 0 Å². The van der Waals surface area contributed by atoms with Crippen LogP contribution in [0.3, 0.4) is 0 Å². The van der Waals surface area contributed by atoms with E-state index in [-0.39, 0.29) is 42.9 Å². The van der Waals surface area contributed by atoms with Gasteiger partial charge in [-0.3, -0.25) is 4.79 Å². The standard InChI is InChI=1S/C13H21N3O2S.2ClH/c1-8-11(19-10(3)16-8)4-5-15-13(17)12-9(2)18-7-6-14-12;;/h9,12,14H,4-7H2,1-3H3,(H,15,17);2*1H/t9-,12+;;/m1../s1. The molecule has 2 N–H and O–H groups in total. The number of ether oxygens (including phenoxy) is 1. The largest absolute Gasteiger partial charge is 0.375 e. The van der Waals surface area contributed by atoms with Crippen molar-refractivity contribution in [2.45, 2.75) is 39.3 Å². The lowest BCUT2D eigenvalue weighted by Crippen LogP contribution is -2.55. The summed E-state index contributed by atoms with van der Waals surface area (Å²) in [4.78, 5) is 17.7. The zero-order chi connectivity index (χ0) is 13.8. The van der Waals surface area contributed by atoms with Gasteiger partial charge in [-0.1, -0.05) is 0 Å². The van der Waals surface area contributed by atoms with Gasteiger partial charge in [0.2, 0.25) is 5.91 Å². The topological polar surface area (TPSA) is 63.2 Å². The number of aryl methyl sites for hydroxylation is 2. The van der Waals surface area contributed by atoms with Crippen molar-refractivity contribution in [3.05, 3.63) is 15.6 Å². The van der Waals surface area contributed by atoms with Gasteiger partial charge in [-0.25, -0.2) is 4.98 Å². The van der Waals surface area contributed by atoms with Crippen LogP contribution in [0.1, 0.15) is 22.5 Å². The molecule has 1 aliphatic heterocycles. The lowest BCUT2D eigenvalue weighted by molar-refractivity contribution is -0.128. The van der Waals surface area contributed by atoms with Crippen molar-refractivity contribution in [1.29, 1.82) is 0 Å². The lowest BCUT2D eigenvalue weighted by Gasteiger charge is -2.29. The normalized spacial score (nSPS) is 21.1. The molecule has 5 nitrogen and oxygen atoms in total. The minimum atomic E-state index is -0.238. The number of aromatic nitrogens is 1. The number of amides is 1. The van der Waals surface area contributed by atoms with Crippen LogP contribution in [0.25, 0.3) is 0 Å². The molecule has 1 saturated heterocycles. The minimum Gasteiger partial charge on any atom is -0.375 e. The molecule has 8 heteroatoms. The molecule has 0 unspecified atom stereocenters. The van der Waals surface area contributed by atoms with Crippen LogP contribution < -0.4 is 10.6 Å². The zero-order valence-electron chi connectivity index (χ0n) is 12.5. The Kier molecular flexibility index (Phi) is 9.40. The molecular formula is C13H23Cl2N3O2S. The van der Waals surface area contributed by atoms with Crippen LogP contribution in [0, 0.1) is 13.8 Å². The van der Waals surface area contributed by atoms with E-state index in [2.05, 4.69) is 15.6 Å². The summed E-state index contributed by atoms with van der Waals surface area (Å²) in [6, 6.07) is -0.238. The van der Waals surface area contributed by atoms with Crippen LogP contribution in [-0.2, 0) is 16.0 Å². The zero-order valence-corrected chi connectivity index (χ0v) is 14.9. The first-order valence-electron chi connectivity index (χ1n) is 6.63. The maximum Gasteiger partial charge on any atom is 0.239 e. The average molecular weight is 356 g/mol. The Morgan fingerprint density at radius 2 is 2.19 bits per heavy atom.